The van der Waals surface area contributed by atoms with Crippen LogP contribution in [0.1, 0.15) is 47.5 Å². The van der Waals surface area contributed by atoms with E-state index < -0.39 is 10.0 Å². The molecular weight excluding hydrogens is 436 g/mol. The summed E-state index contributed by atoms with van der Waals surface area (Å²) in [5, 5.41) is 4.57. The lowest BCUT2D eigenvalue weighted by atomic mass is 10.1. The summed E-state index contributed by atoms with van der Waals surface area (Å²) in [6, 6.07) is 8.99. The van der Waals surface area contributed by atoms with E-state index >= 15 is 0 Å². The maximum atomic E-state index is 12.9. The third-order valence-corrected chi connectivity index (χ3v) is 7.94. The molecule has 1 aromatic heterocycles. The largest absolute Gasteiger partial charge is 0.345 e. The molecule has 0 aliphatic carbocycles. The Hall–Kier alpha value is -1.22. The molecule has 0 saturated carbocycles. The van der Waals surface area contributed by atoms with Gasteiger partial charge in [-0.25, -0.2) is 8.42 Å². The second kappa shape index (κ2) is 8.21. The zero-order valence-electron chi connectivity index (χ0n) is 14.4. The molecule has 1 aliphatic rings. The molecule has 0 radical (unpaired) electrons. The smallest absolute Gasteiger partial charge is 0.263 e. The predicted molar refractivity (Wildman–Crippen MR) is 107 cm³/mol. The highest BCUT2D eigenvalue weighted by Gasteiger charge is 2.31. The molecule has 1 N–H and O–H groups in total. The van der Waals surface area contributed by atoms with Gasteiger partial charge in [0, 0.05) is 17.6 Å². The zero-order valence-corrected chi connectivity index (χ0v) is 17.7. The van der Waals surface area contributed by atoms with Gasteiger partial charge >= 0.3 is 0 Å². The van der Waals surface area contributed by atoms with Crippen LogP contribution in [0, 0.1) is 0 Å². The summed E-state index contributed by atoms with van der Waals surface area (Å²) in [7, 11) is -3.63. The molecule has 1 aliphatic heterocycles. The van der Waals surface area contributed by atoms with Crippen LogP contribution < -0.4 is 5.32 Å². The summed E-state index contributed by atoms with van der Waals surface area (Å²) in [4.78, 5) is 13.1. The molecule has 3 rings (SSSR count). The lowest BCUT2D eigenvalue weighted by Crippen LogP contribution is -2.36. The maximum absolute atomic E-state index is 12.9. The molecule has 1 unspecified atom stereocenters. The van der Waals surface area contributed by atoms with Crippen LogP contribution in [0.15, 0.2) is 45.1 Å². The van der Waals surface area contributed by atoms with Gasteiger partial charge in [0.1, 0.15) is 9.77 Å². The molecule has 1 saturated heterocycles. The number of thiophene rings is 1. The van der Waals surface area contributed by atoms with Crippen molar-refractivity contribution in [1.82, 2.24) is 9.62 Å². The fourth-order valence-corrected chi connectivity index (χ4v) is 6.27. The van der Waals surface area contributed by atoms with Crippen molar-refractivity contribution < 1.29 is 13.2 Å². The molecule has 1 fully saturated rings. The summed E-state index contributed by atoms with van der Waals surface area (Å²) in [6.45, 7) is 2.92. The van der Waals surface area contributed by atoms with E-state index in [0.717, 1.165) is 40.6 Å². The van der Waals surface area contributed by atoms with Gasteiger partial charge in [-0.15, -0.1) is 11.3 Å². The molecule has 2 aromatic rings. The van der Waals surface area contributed by atoms with Crippen LogP contribution in [0.5, 0.6) is 0 Å². The number of hydrogen-bond acceptors (Lipinski definition) is 4. The number of nitrogens with zero attached hydrogens (tertiary/aromatic N) is 1. The SMILES string of the molecule is CC(NC(=O)c1sccc1S(=O)(=O)N1CCCCC1)c1cccc(Br)c1. The number of halogens is 1. The van der Waals surface area contributed by atoms with E-state index in [0.29, 0.717) is 13.1 Å². The van der Waals surface area contributed by atoms with E-state index in [2.05, 4.69) is 21.2 Å². The molecule has 1 amide bonds. The molecule has 8 heteroatoms. The monoisotopic (exact) mass is 456 g/mol. The molecular formula is C18H21BrN2O3S2. The number of piperidine rings is 1. The van der Waals surface area contributed by atoms with E-state index in [1.54, 1.807) is 5.38 Å². The van der Waals surface area contributed by atoms with E-state index in [1.165, 1.54) is 10.4 Å². The summed E-state index contributed by atoms with van der Waals surface area (Å²) in [5.74, 6) is -0.358. The molecule has 140 valence electrons. The second-order valence-corrected chi connectivity index (χ2v) is 10.1. The van der Waals surface area contributed by atoms with Gasteiger partial charge in [-0.3, -0.25) is 4.79 Å². The summed E-state index contributed by atoms with van der Waals surface area (Å²) >= 11 is 4.58. The van der Waals surface area contributed by atoms with Crippen molar-refractivity contribution in [2.24, 2.45) is 0 Å². The van der Waals surface area contributed by atoms with Crippen molar-refractivity contribution in [3.8, 4) is 0 Å². The van der Waals surface area contributed by atoms with Gasteiger partial charge in [0.15, 0.2) is 0 Å². The first-order valence-electron chi connectivity index (χ1n) is 8.53. The first-order valence-corrected chi connectivity index (χ1v) is 11.6. The zero-order chi connectivity index (χ0) is 18.7. The first kappa shape index (κ1) is 19.5. The number of carbonyl (C=O) groups excluding carboxylic acids is 1. The van der Waals surface area contributed by atoms with Crippen LogP contribution in [-0.2, 0) is 10.0 Å². The molecule has 1 atom stereocenters. The first-order chi connectivity index (χ1) is 12.4. The Morgan fingerprint density at radius 2 is 1.96 bits per heavy atom. The summed E-state index contributed by atoms with van der Waals surface area (Å²) < 4.78 is 28.3. The van der Waals surface area contributed by atoms with Crippen LogP contribution in [-0.4, -0.2) is 31.7 Å². The normalized spacial score (nSPS) is 17.0. The highest BCUT2D eigenvalue weighted by molar-refractivity contribution is 9.10. The lowest BCUT2D eigenvalue weighted by Gasteiger charge is -2.26. The summed E-state index contributed by atoms with van der Waals surface area (Å²) in [6.07, 6.45) is 2.78. The number of amides is 1. The fraction of sp³-hybridized carbons (Fsp3) is 0.389. The molecule has 0 bridgehead atoms. The third kappa shape index (κ3) is 4.19. The molecule has 26 heavy (non-hydrogen) atoms. The van der Waals surface area contributed by atoms with Crippen LogP contribution in [0.25, 0.3) is 0 Å². The Morgan fingerprint density at radius 3 is 2.65 bits per heavy atom. The Morgan fingerprint density at radius 1 is 1.23 bits per heavy atom. The average Bonchev–Trinajstić information content (AvgIpc) is 3.13. The van der Waals surface area contributed by atoms with Gasteiger partial charge in [0.25, 0.3) is 5.91 Å². The quantitative estimate of drug-likeness (QED) is 0.733. The Bertz CT molecular complexity index is 889. The minimum atomic E-state index is -3.63. The fourth-order valence-electron chi connectivity index (χ4n) is 3.03. The van der Waals surface area contributed by atoms with Crippen LogP contribution in [0.4, 0.5) is 0 Å². The summed E-state index contributed by atoms with van der Waals surface area (Å²) in [5.41, 5.74) is 0.949. The van der Waals surface area contributed by atoms with E-state index in [4.69, 9.17) is 0 Å². The number of benzene rings is 1. The average molecular weight is 457 g/mol. The Labute approximate surface area is 166 Å². The van der Waals surface area contributed by atoms with E-state index in [9.17, 15) is 13.2 Å². The Balaban J connectivity index is 1.80. The van der Waals surface area contributed by atoms with Crippen LogP contribution >= 0.6 is 27.3 Å². The number of carbonyl (C=O) groups is 1. The molecule has 2 heterocycles. The predicted octanol–water partition coefficient (Wildman–Crippen LogP) is 4.18. The lowest BCUT2D eigenvalue weighted by molar-refractivity contribution is 0.0941. The molecule has 5 nitrogen and oxygen atoms in total. The number of rotatable bonds is 5. The maximum Gasteiger partial charge on any atom is 0.263 e. The highest BCUT2D eigenvalue weighted by Crippen LogP contribution is 2.28. The Kier molecular flexibility index (Phi) is 6.17. The third-order valence-electron chi connectivity index (χ3n) is 4.46. The van der Waals surface area contributed by atoms with Gasteiger partial charge in [0.2, 0.25) is 10.0 Å². The minimum absolute atomic E-state index is 0.114. The van der Waals surface area contributed by atoms with E-state index in [1.807, 2.05) is 31.2 Å². The number of hydrogen-bond donors (Lipinski definition) is 1. The van der Waals surface area contributed by atoms with Gasteiger partial charge < -0.3 is 5.32 Å². The van der Waals surface area contributed by atoms with Crippen molar-refractivity contribution >= 4 is 43.2 Å². The van der Waals surface area contributed by atoms with Crippen molar-refractivity contribution in [3.05, 3.63) is 50.6 Å². The van der Waals surface area contributed by atoms with Gasteiger partial charge in [-0.05, 0) is 48.9 Å². The standard InChI is InChI=1S/C18H21BrN2O3S2/c1-13(14-6-5-7-15(19)12-14)20-18(22)17-16(8-11-25-17)26(23,24)21-9-3-2-4-10-21/h5-8,11-13H,2-4,9-10H2,1H3,(H,20,22). The van der Waals surface area contributed by atoms with Gasteiger partial charge in [0.05, 0.1) is 6.04 Å². The van der Waals surface area contributed by atoms with Gasteiger partial charge in [-0.1, -0.05) is 34.5 Å². The molecule has 1 aromatic carbocycles. The van der Waals surface area contributed by atoms with Crippen LogP contribution in [0.2, 0.25) is 0 Å². The van der Waals surface area contributed by atoms with Crippen molar-refractivity contribution in [3.63, 3.8) is 0 Å². The topological polar surface area (TPSA) is 66.5 Å². The van der Waals surface area contributed by atoms with Gasteiger partial charge in [-0.2, -0.15) is 4.31 Å². The molecule has 0 spiro atoms. The van der Waals surface area contributed by atoms with Crippen LogP contribution in [0.3, 0.4) is 0 Å². The number of nitrogens with one attached hydrogen (secondary N) is 1. The van der Waals surface area contributed by atoms with Crippen molar-refractivity contribution in [2.45, 2.75) is 37.1 Å². The van der Waals surface area contributed by atoms with Crippen molar-refractivity contribution in [1.29, 1.82) is 0 Å². The van der Waals surface area contributed by atoms with E-state index in [-0.39, 0.29) is 21.7 Å². The van der Waals surface area contributed by atoms with Crippen molar-refractivity contribution in [2.75, 3.05) is 13.1 Å². The highest BCUT2D eigenvalue weighted by atomic mass is 79.9. The number of sulfonamides is 1. The second-order valence-electron chi connectivity index (χ2n) is 6.33. The minimum Gasteiger partial charge on any atom is -0.345 e.